The van der Waals surface area contributed by atoms with Gasteiger partial charge in [-0.15, -0.1) is 0 Å². The largest absolute Gasteiger partial charge is 0.241 e. The first-order valence-corrected chi connectivity index (χ1v) is 2.99. The van der Waals surface area contributed by atoms with Crippen molar-refractivity contribution in [2.75, 3.05) is 0 Å². The van der Waals surface area contributed by atoms with Crippen LogP contribution >= 0.6 is 23.2 Å². The molecule has 0 aliphatic carbocycles. The van der Waals surface area contributed by atoms with Gasteiger partial charge in [-0.1, -0.05) is 23.2 Å². The number of rotatable bonds is 0. The Morgan fingerprint density at radius 3 is 2.89 bits per heavy atom. The van der Waals surface area contributed by atoms with Gasteiger partial charge < -0.3 is 0 Å². The Labute approximate surface area is 67.8 Å². The molecule has 1 aromatic rings. The van der Waals surface area contributed by atoms with Gasteiger partial charge in [0.15, 0.2) is 0 Å². The molecule has 1 aromatic heterocycles. The first kappa shape index (κ1) is 3.79. The fraction of sp³-hybridized carbons (Fsp3) is 0.167. The van der Waals surface area contributed by atoms with Gasteiger partial charge in [-0.3, -0.25) is 0 Å². The van der Waals surface area contributed by atoms with Crippen molar-refractivity contribution in [3.63, 3.8) is 0 Å². The fourth-order valence-corrected chi connectivity index (χ4v) is 0.937. The monoisotopic (exact) mass is 164 g/mol. The van der Waals surface area contributed by atoms with Crippen LogP contribution in [0.4, 0.5) is 0 Å². The minimum absolute atomic E-state index is 0.0833. The van der Waals surface area contributed by atoms with Crippen LogP contribution in [0.3, 0.4) is 0 Å². The highest BCUT2D eigenvalue weighted by Crippen LogP contribution is 2.14. The van der Waals surface area contributed by atoms with E-state index >= 15 is 0 Å². The van der Waals surface area contributed by atoms with E-state index in [-0.39, 0.29) is 15.9 Å². The molecule has 0 bridgehead atoms. The van der Waals surface area contributed by atoms with E-state index in [1.54, 1.807) is 0 Å². The highest BCUT2D eigenvalue weighted by Gasteiger charge is 1.92. The highest BCUT2D eigenvalue weighted by atomic mass is 35.5. The number of halogens is 2. The molecule has 0 amide bonds. The topological polar surface area (TPSA) is 12.9 Å². The second kappa shape index (κ2) is 2.54. The number of pyridine rings is 1. The molecule has 1 rings (SSSR count). The van der Waals surface area contributed by atoms with Crippen molar-refractivity contribution in [1.82, 2.24) is 4.98 Å². The third-order valence-electron chi connectivity index (χ3n) is 0.759. The molecule has 0 N–H and O–H groups in total. The SMILES string of the molecule is [2H]C([2H])([2H])c1cc(Cl)cc(Cl)n1. The standard InChI is InChI=1S/C6H5Cl2N/c1-4-2-5(7)3-6(8)9-4/h2-3H,1H3/i1D3. The van der Waals surface area contributed by atoms with Gasteiger partial charge >= 0.3 is 0 Å². The average molecular weight is 165 g/mol. The van der Waals surface area contributed by atoms with Crippen LogP contribution < -0.4 is 0 Å². The molecule has 1 heterocycles. The van der Waals surface area contributed by atoms with Crippen LogP contribution in [0, 0.1) is 6.85 Å². The van der Waals surface area contributed by atoms with Crippen molar-refractivity contribution in [2.24, 2.45) is 0 Å². The lowest BCUT2D eigenvalue weighted by atomic mass is 10.4. The van der Waals surface area contributed by atoms with Gasteiger partial charge in [-0.05, 0) is 19.0 Å². The average Bonchev–Trinajstić information content (AvgIpc) is 1.82. The summed E-state index contributed by atoms with van der Waals surface area (Å²) < 4.78 is 21.1. The Balaban J connectivity index is 3.18. The molecule has 0 saturated carbocycles. The van der Waals surface area contributed by atoms with Crippen LogP contribution in [0.2, 0.25) is 10.2 Å². The summed E-state index contributed by atoms with van der Waals surface area (Å²) in [7, 11) is 0. The number of aryl methyl sites for hydroxylation is 1. The summed E-state index contributed by atoms with van der Waals surface area (Å²) in [5.41, 5.74) is -0.0833. The van der Waals surface area contributed by atoms with Crippen molar-refractivity contribution >= 4 is 23.2 Å². The molecular weight excluding hydrogens is 157 g/mol. The molecule has 0 fully saturated rings. The Morgan fingerprint density at radius 1 is 1.56 bits per heavy atom. The number of hydrogen-bond acceptors (Lipinski definition) is 1. The lowest BCUT2D eigenvalue weighted by Crippen LogP contribution is -1.79. The van der Waals surface area contributed by atoms with Gasteiger partial charge in [0.2, 0.25) is 0 Å². The van der Waals surface area contributed by atoms with Crippen molar-refractivity contribution < 1.29 is 4.11 Å². The van der Waals surface area contributed by atoms with E-state index in [1.807, 2.05) is 0 Å². The van der Waals surface area contributed by atoms with E-state index in [9.17, 15) is 0 Å². The minimum Gasteiger partial charge on any atom is -0.241 e. The smallest absolute Gasteiger partial charge is 0.130 e. The molecule has 1 nitrogen and oxygen atoms in total. The third-order valence-corrected chi connectivity index (χ3v) is 1.17. The molecule has 0 aromatic carbocycles. The van der Waals surface area contributed by atoms with Crippen molar-refractivity contribution in [3.05, 3.63) is 28.0 Å². The minimum atomic E-state index is -2.26. The Morgan fingerprint density at radius 2 is 2.33 bits per heavy atom. The van der Waals surface area contributed by atoms with Crippen molar-refractivity contribution in [2.45, 2.75) is 6.85 Å². The van der Waals surface area contributed by atoms with Gasteiger partial charge in [-0.25, -0.2) is 4.98 Å². The third kappa shape index (κ3) is 1.84. The van der Waals surface area contributed by atoms with Gasteiger partial charge in [0.1, 0.15) is 5.15 Å². The summed E-state index contributed by atoms with van der Waals surface area (Å²) in [6, 6.07) is 2.67. The summed E-state index contributed by atoms with van der Waals surface area (Å²) in [6.45, 7) is -2.26. The Hall–Kier alpha value is -0.270. The maximum absolute atomic E-state index is 7.02. The van der Waals surface area contributed by atoms with E-state index in [0.29, 0.717) is 0 Å². The zero-order valence-electron chi connectivity index (χ0n) is 7.36. The zero-order chi connectivity index (χ0) is 9.35. The van der Waals surface area contributed by atoms with Gasteiger partial charge in [-0.2, -0.15) is 0 Å². The Bertz CT molecular complexity index is 277. The molecule has 0 spiro atoms. The zero-order valence-corrected chi connectivity index (χ0v) is 5.87. The quantitative estimate of drug-likeness (QED) is 0.538. The molecule has 3 heteroatoms. The number of aromatic nitrogens is 1. The van der Waals surface area contributed by atoms with Crippen molar-refractivity contribution in [3.8, 4) is 0 Å². The van der Waals surface area contributed by atoms with E-state index in [1.165, 1.54) is 12.1 Å². The predicted molar refractivity (Wildman–Crippen MR) is 39.0 cm³/mol. The van der Waals surface area contributed by atoms with E-state index in [4.69, 9.17) is 27.3 Å². The summed E-state index contributed by atoms with van der Waals surface area (Å²) >= 11 is 11.1. The van der Waals surface area contributed by atoms with E-state index < -0.39 is 6.85 Å². The van der Waals surface area contributed by atoms with Crippen LogP contribution in [0.15, 0.2) is 12.1 Å². The highest BCUT2D eigenvalue weighted by molar-refractivity contribution is 6.33. The molecule has 0 atom stereocenters. The maximum atomic E-state index is 7.02. The molecule has 0 radical (unpaired) electrons. The van der Waals surface area contributed by atoms with Crippen molar-refractivity contribution in [1.29, 1.82) is 0 Å². The first-order chi connectivity index (χ1) is 5.39. The lowest BCUT2D eigenvalue weighted by Gasteiger charge is -1.92. The molecule has 0 unspecified atom stereocenters. The van der Waals surface area contributed by atoms with Gasteiger partial charge in [0.05, 0.1) is 0 Å². The van der Waals surface area contributed by atoms with Crippen LogP contribution in [-0.4, -0.2) is 4.98 Å². The van der Waals surface area contributed by atoms with Gasteiger partial charge in [0.25, 0.3) is 0 Å². The summed E-state index contributed by atoms with van der Waals surface area (Å²) in [5.74, 6) is 0. The number of hydrogen-bond donors (Lipinski definition) is 0. The number of nitrogens with zero attached hydrogens (tertiary/aromatic N) is 1. The summed E-state index contributed by atoms with van der Waals surface area (Å²) in [5, 5.41) is 0.370. The second-order valence-electron chi connectivity index (χ2n) is 1.49. The molecule has 9 heavy (non-hydrogen) atoms. The predicted octanol–water partition coefficient (Wildman–Crippen LogP) is 2.70. The molecule has 0 aliphatic heterocycles. The summed E-state index contributed by atoms with van der Waals surface area (Å²) in [6.07, 6.45) is 0. The molecular formula is C6H5Cl2N. The molecule has 48 valence electrons. The van der Waals surface area contributed by atoms with Crippen LogP contribution in [0.1, 0.15) is 9.81 Å². The van der Waals surface area contributed by atoms with Crippen LogP contribution in [0.5, 0.6) is 0 Å². The van der Waals surface area contributed by atoms with E-state index in [2.05, 4.69) is 4.98 Å². The molecule has 0 saturated heterocycles. The normalized spacial score (nSPS) is 16.0. The Kier molecular flexibility index (Phi) is 1.07. The maximum Gasteiger partial charge on any atom is 0.130 e. The lowest BCUT2D eigenvalue weighted by molar-refractivity contribution is 1.20. The summed E-state index contributed by atoms with van der Waals surface area (Å²) in [4.78, 5) is 3.62. The van der Waals surface area contributed by atoms with Crippen LogP contribution in [-0.2, 0) is 0 Å². The van der Waals surface area contributed by atoms with E-state index in [0.717, 1.165) is 0 Å². The second-order valence-corrected chi connectivity index (χ2v) is 2.32. The van der Waals surface area contributed by atoms with Gasteiger partial charge in [0, 0.05) is 14.8 Å². The fourth-order valence-electron chi connectivity index (χ4n) is 0.466. The van der Waals surface area contributed by atoms with Crippen LogP contribution in [0.25, 0.3) is 0 Å². The first-order valence-electron chi connectivity index (χ1n) is 3.73. The molecule has 0 aliphatic rings.